The van der Waals surface area contributed by atoms with Gasteiger partial charge in [0.05, 0.1) is 32.5 Å². The molecule has 1 aliphatic rings. The molecule has 3 aromatic rings. The second kappa shape index (κ2) is 11.3. The lowest BCUT2D eigenvalue weighted by atomic mass is 10.0. The number of aliphatic hydroxyl groups excluding tert-OH is 2. The Morgan fingerprint density at radius 2 is 2.08 bits per heavy atom. The fourth-order valence-electron chi connectivity index (χ4n) is 4.10. The van der Waals surface area contributed by atoms with Crippen molar-refractivity contribution in [3.63, 3.8) is 0 Å². The maximum Gasteiger partial charge on any atom is 0.333 e. The molecule has 2 aromatic heterocycles. The molecule has 1 saturated carbocycles. The second-order valence-corrected chi connectivity index (χ2v) is 11.7. The Labute approximate surface area is 225 Å². The highest BCUT2D eigenvalue weighted by molar-refractivity contribution is 7.84. The molecule has 5 N–H and O–H groups in total. The molecule has 0 bridgehead atoms. The number of aromatic nitrogens is 2. The summed E-state index contributed by atoms with van der Waals surface area (Å²) in [5.41, 5.74) is 0.158. The molecule has 0 saturated heterocycles. The first-order chi connectivity index (χ1) is 17.4. The molecule has 2 heterocycles. The van der Waals surface area contributed by atoms with E-state index in [4.69, 9.17) is 28.3 Å². The Morgan fingerprint density at radius 1 is 1.32 bits per heavy atom. The van der Waals surface area contributed by atoms with Crippen molar-refractivity contribution in [2.75, 3.05) is 11.9 Å². The van der Waals surface area contributed by atoms with Crippen molar-refractivity contribution in [1.29, 1.82) is 0 Å². The van der Waals surface area contributed by atoms with Crippen LogP contribution in [0.2, 0.25) is 9.36 Å². The van der Waals surface area contributed by atoms with E-state index in [9.17, 15) is 27.8 Å². The Balaban J connectivity index is 1.53. The minimum Gasteiger partial charge on any atom is -0.393 e. The number of nitrogens with zero attached hydrogens (tertiary/aromatic N) is 2. The molecule has 1 aromatic carbocycles. The van der Waals surface area contributed by atoms with Gasteiger partial charge in [0.2, 0.25) is 5.78 Å². The van der Waals surface area contributed by atoms with E-state index in [0.29, 0.717) is 6.42 Å². The van der Waals surface area contributed by atoms with Crippen LogP contribution in [0.5, 0.6) is 0 Å². The van der Waals surface area contributed by atoms with Gasteiger partial charge in [0, 0.05) is 29.3 Å². The number of nitrogens with one attached hydrogen (secondary N) is 1. The fraction of sp³-hybridized carbons (Fsp3) is 0.318. The number of ketones is 1. The monoisotopic (exact) mass is 590 g/mol. The van der Waals surface area contributed by atoms with Crippen LogP contribution in [-0.4, -0.2) is 53.1 Å². The minimum absolute atomic E-state index is 0.0858. The highest BCUT2D eigenvalue weighted by atomic mass is 35.5. The molecular weight excluding hydrogens is 570 g/mol. The molecule has 1 unspecified atom stereocenters. The zero-order valence-corrected chi connectivity index (χ0v) is 22.0. The van der Waals surface area contributed by atoms with Gasteiger partial charge in [-0.2, -0.15) is 8.42 Å². The topological polar surface area (TPSA) is 165 Å². The Hall–Kier alpha value is -2.23. The fourth-order valence-corrected chi connectivity index (χ4v) is 5.92. The van der Waals surface area contributed by atoms with E-state index in [1.54, 1.807) is 0 Å². The van der Waals surface area contributed by atoms with Crippen molar-refractivity contribution < 1.29 is 32.0 Å². The lowest BCUT2D eigenvalue weighted by Crippen LogP contribution is -2.24. The van der Waals surface area contributed by atoms with Crippen LogP contribution in [-0.2, 0) is 14.5 Å². The molecular formula is C22H21Cl2FN4O6S2. The number of halogens is 3. The van der Waals surface area contributed by atoms with Crippen molar-refractivity contribution in [3.05, 3.63) is 73.5 Å². The maximum atomic E-state index is 14.4. The highest BCUT2D eigenvalue weighted by Gasteiger charge is 2.35. The van der Waals surface area contributed by atoms with Gasteiger partial charge in [-0.25, -0.2) is 19.5 Å². The standard InChI is InChI=1S/C22H21Cl2FN4O6S2/c23-15-3-1-2-12(18(15)25)19(31)13-6-17(36-21(13)24)20(32)14-7-27-9-28-22(14)29-11-4-10(16(30)5-11)8-35-37(26,33)34/h1-3,6-7,9-11,16,19,30-31H,4-5,8H2,(H2,26,33,34)(H,27,28,29)/t10-,11-,16+,19?/m1/s1. The summed E-state index contributed by atoms with van der Waals surface area (Å²) in [6.07, 6.45) is 0.830. The molecule has 37 heavy (non-hydrogen) atoms. The Kier molecular flexibility index (Phi) is 8.45. The van der Waals surface area contributed by atoms with Crippen molar-refractivity contribution in [2.45, 2.75) is 31.1 Å². The average molecular weight is 591 g/mol. The van der Waals surface area contributed by atoms with E-state index in [1.165, 1.54) is 36.8 Å². The molecule has 15 heteroatoms. The van der Waals surface area contributed by atoms with Gasteiger partial charge in [-0.3, -0.25) is 8.98 Å². The van der Waals surface area contributed by atoms with Crippen LogP contribution in [0, 0.1) is 11.7 Å². The quantitative estimate of drug-likeness (QED) is 0.274. The molecule has 1 aliphatic carbocycles. The molecule has 0 amide bonds. The first-order valence-corrected chi connectivity index (χ1v) is 13.9. The summed E-state index contributed by atoms with van der Waals surface area (Å²) in [7, 11) is -4.14. The first kappa shape index (κ1) is 27.8. The lowest BCUT2D eigenvalue weighted by Gasteiger charge is -2.15. The summed E-state index contributed by atoms with van der Waals surface area (Å²) in [6.45, 7) is -0.278. The van der Waals surface area contributed by atoms with Gasteiger partial charge in [0.1, 0.15) is 24.1 Å². The molecule has 4 atom stereocenters. The number of thiophene rings is 1. The molecule has 198 valence electrons. The number of hydrogen-bond donors (Lipinski definition) is 4. The second-order valence-electron chi connectivity index (χ2n) is 8.42. The summed E-state index contributed by atoms with van der Waals surface area (Å²) in [5.74, 6) is -1.59. The molecule has 4 rings (SSSR count). The summed E-state index contributed by atoms with van der Waals surface area (Å²) in [5, 5.41) is 28.8. The van der Waals surface area contributed by atoms with Gasteiger partial charge >= 0.3 is 10.3 Å². The maximum absolute atomic E-state index is 14.4. The molecule has 0 spiro atoms. The largest absolute Gasteiger partial charge is 0.393 e. The van der Waals surface area contributed by atoms with Gasteiger partial charge in [-0.15, -0.1) is 11.3 Å². The number of aliphatic hydroxyl groups is 2. The smallest absolute Gasteiger partial charge is 0.333 e. The van der Waals surface area contributed by atoms with Crippen LogP contribution in [0.4, 0.5) is 10.2 Å². The van der Waals surface area contributed by atoms with Gasteiger partial charge < -0.3 is 15.5 Å². The predicted molar refractivity (Wildman–Crippen MR) is 135 cm³/mol. The lowest BCUT2D eigenvalue weighted by molar-refractivity contribution is 0.101. The number of hydrogen-bond acceptors (Lipinski definition) is 10. The summed E-state index contributed by atoms with van der Waals surface area (Å²) < 4.78 is 41.2. The molecule has 0 radical (unpaired) electrons. The third-order valence-corrected chi connectivity index (χ3v) is 8.05. The predicted octanol–water partition coefficient (Wildman–Crippen LogP) is 3.07. The van der Waals surface area contributed by atoms with Crippen LogP contribution in [0.3, 0.4) is 0 Å². The molecule has 0 aliphatic heterocycles. The summed E-state index contributed by atoms with van der Waals surface area (Å²) >= 11 is 13.0. The summed E-state index contributed by atoms with van der Waals surface area (Å²) in [6, 6.07) is 5.23. The first-order valence-electron chi connectivity index (χ1n) is 10.8. The van der Waals surface area contributed by atoms with E-state index < -0.39 is 40.0 Å². The van der Waals surface area contributed by atoms with E-state index in [1.807, 2.05) is 0 Å². The van der Waals surface area contributed by atoms with Crippen molar-refractivity contribution in [1.82, 2.24) is 9.97 Å². The van der Waals surface area contributed by atoms with E-state index >= 15 is 0 Å². The van der Waals surface area contributed by atoms with Crippen molar-refractivity contribution in [2.24, 2.45) is 11.1 Å². The number of carbonyl (C=O) groups excluding carboxylic acids is 1. The van der Waals surface area contributed by atoms with Crippen LogP contribution in [0.1, 0.15) is 45.3 Å². The normalized spacial score (nSPS) is 20.6. The SMILES string of the molecule is NS(=O)(=O)OC[C@H]1C[C@@H](Nc2ncncc2C(=O)c2cc(C(O)c3cccc(Cl)c3F)c(Cl)s2)C[C@@H]1O. The number of anilines is 1. The average Bonchev–Trinajstić information content (AvgIpc) is 3.40. The Bertz CT molecular complexity index is 1420. The van der Waals surface area contributed by atoms with Gasteiger partial charge in [0.25, 0.3) is 0 Å². The van der Waals surface area contributed by atoms with Crippen LogP contribution >= 0.6 is 34.5 Å². The van der Waals surface area contributed by atoms with Crippen LogP contribution in [0.15, 0.2) is 36.8 Å². The minimum atomic E-state index is -4.14. The van der Waals surface area contributed by atoms with Crippen LogP contribution in [0.25, 0.3) is 0 Å². The van der Waals surface area contributed by atoms with Gasteiger partial charge in [-0.1, -0.05) is 35.3 Å². The highest BCUT2D eigenvalue weighted by Crippen LogP contribution is 2.38. The van der Waals surface area contributed by atoms with E-state index in [2.05, 4.69) is 19.5 Å². The number of nitrogens with two attached hydrogens (primary N) is 1. The summed E-state index contributed by atoms with van der Waals surface area (Å²) in [4.78, 5) is 21.6. The number of rotatable bonds is 9. The van der Waals surface area contributed by atoms with Gasteiger partial charge in [-0.05, 0) is 25.0 Å². The van der Waals surface area contributed by atoms with Crippen molar-refractivity contribution in [3.8, 4) is 0 Å². The number of carbonyl (C=O) groups is 1. The third kappa shape index (κ3) is 6.44. The van der Waals surface area contributed by atoms with Crippen molar-refractivity contribution >= 4 is 56.4 Å². The molecule has 10 nitrogen and oxygen atoms in total. The number of benzene rings is 1. The molecule has 1 fully saturated rings. The van der Waals surface area contributed by atoms with E-state index in [0.717, 1.165) is 11.3 Å². The van der Waals surface area contributed by atoms with E-state index in [-0.39, 0.29) is 55.8 Å². The van der Waals surface area contributed by atoms with Crippen LogP contribution < -0.4 is 10.5 Å². The Morgan fingerprint density at radius 3 is 2.81 bits per heavy atom. The van der Waals surface area contributed by atoms with Gasteiger partial charge in [0.15, 0.2) is 0 Å². The third-order valence-electron chi connectivity index (χ3n) is 5.91. The zero-order chi connectivity index (χ0) is 26.9. The zero-order valence-electron chi connectivity index (χ0n) is 18.8.